The third kappa shape index (κ3) is 4.33. The fourth-order valence-electron chi connectivity index (χ4n) is 3.96. The second kappa shape index (κ2) is 8.34. The number of morpholine rings is 1. The van der Waals surface area contributed by atoms with Gasteiger partial charge in [0, 0.05) is 48.9 Å². The van der Waals surface area contributed by atoms with Crippen LogP contribution < -0.4 is 0 Å². The number of carbonyl (C=O) groups is 2. The van der Waals surface area contributed by atoms with E-state index in [0.29, 0.717) is 56.9 Å². The number of aliphatic hydroxyl groups is 1. The molecule has 2 aliphatic heterocycles. The number of carbonyl (C=O) groups excluding carboxylic acids is 2. The minimum absolute atomic E-state index is 0.0381. The van der Waals surface area contributed by atoms with Crippen molar-refractivity contribution < 1.29 is 19.4 Å². The molecule has 2 aliphatic rings. The van der Waals surface area contributed by atoms with Gasteiger partial charge in [-0.15, -0.1) is 0 Å². The lowest BCUT2D eigenvalue weighted by Crippen LogP contribution is -2.40. The van der Waals surface area contributed by atoms with Crippen molar-refractivity contribution in [3.63, 3.8) is 0 Å². The van der Waals surface area contributed by atoms with E-state index in [-0.39, 0.29) is 17.7 Å². The highest BCUT2D eigenvalue weighted by Crippen LogP contribution is 2.23. The van der Waals surface area contributed by atoms with E-state index >= 15 is 0 Å². The number of amides is 2. The summed E-state index contributed by atoms with van der Waals surface area (Å²) in [5.74, 6) is -0.211. The molecule has 1 aromatic carbocycles. The lowest BCUT2D eigenvalue weighted by Gasteiger charge is -2.27. The molecule has 2 fully saturated rings. The number of nitrogens with one attached hydrogen (secondary N) is 1. The zero-order valence-corrected chi connectivity index (χ0v) is 16.5. The Morgan fingerprint density at radius 2 is 1.72 bits per heavy atom. The van der Waals surface area contributed by atoms with E-state index < -0.39 is 6.10 Å². The first kappa shape index (κ1) is 19.6. The number of benzene rings is 1. The van der Waals surface area contributed by atoms with Crippen LogP contribution >= 0.6 is 0 Å². The molecule has 154 valence electrons. The summed E-state index contributed by atoms with van der Waals surface area (Å²) < 4.78 is 5.28. The maximum atomic E-state index is 12.9. The molecule has 2 atom stereocenters. The largest absolute Gasteiger partial charge is 0.391 e. The maximum absolute atomic E-state index is 12.9. The van der Waals surface area contributed by atoms with Crippen LogP contribution in [0.1, 0.15) is 32.1 Å². The van der Waals surface area contributed by atoms with Gasteiger partial charge in [0.15, 0.2) is 0 Å². The number of aliphatic hydroxyl groups excluding tert-OH is 1. The number of β-amino-alcohol motifs (C(OH)–C–C–N with tert-alkyl or cyclic N) is 1. The number of likely N-dealkylation sites (tertiary alicyclic amines) is 1. The highest BCUT2D eigenvalue weighted by molar-refractivity contribution is 5.98. The van der Waals surface area contributed by atoms with Crippen molar-refractivity contribution in [1.82, 2.24) is 20.0 Å². The Hall–Kier alpha value is -2.71. The number of aryl methyl sites for hydroxylation is 1. The van der Waals surface area contributed by atoms with Crippen molar-refractivity contribution in [2.45, 2.75) is 19.4 Å². The predicted octanol–water partition coefficient (Wildman–Crippen LogP) is 0.866. The van der Waals surface area contributed by atoms with Gasteiger partial charge >= 0.3 is 0 Å². The van der Waals surface area contributed by atoms with Gasteiger partial charge in [-0.25, -0.2) is 0 Å². The number of aromatic amines is 1. The third-order valence-corrected chi connectivity index (χ3v) is 5.60. The summed E-state index contributed by atoms with van der Waals surface area (Å²) in [4.78, 5) is 28.8. The third-order valence-electron chi connectivity index (χ3n) is 5.60. The molecular weight excluding hydrogens is 372 g/mol. The summed E-state index contributed by atoms with van der Waals surface area (Å²) in [5, 5.41) is 17.5. The Bertz CT molecular complexity index is 873. The Kier molecular flexibility index (Phi) is 5.64. The Labute approximate surface area is 169 Å². The Balaban J connectivity index is 1.38. The monoisotopic (exact) mass is 398 g/mol. The molecule has 2 N–H and O–H groups in total. The molecular formula is C21H26N4O4. The number of ether oxygens (including phenoxy) is 1. The van der Waals surface area contributed by atoms with Crippen molar-refractivity contribution in [1.29, 1.82) is 0 Å². The number of hydrogen-bond donors (Lipinski definition) is 2. The van der Waals surface area contributed by atoms with Crippen molar-refractivity contribution in [3.8, 4) is 0 Å². The van der Waals surface area contributed by atoms with Crippen molar-refractivity contribution in [2.75, 3.05) is 39.4 Å². The minimum Gasteiger partial charge on any atom is -0.391 e. The molecule has 4 rings (SSSR count). The molecule has 2 unspecified atom stereocenters. The lowest BCUT2D eigenvalue weighted by molar-refractivity contribution is 0.0303. The van der Waals surface area contributed by atoms with Crippen molar-refractivity contribution in [3.05, 3.63) is 52.8 Å². The molecule has 3 heterocycles. The van der Waals surface area contributed by atoms with Gasteiger partial charge in [0.1, 0.15) is 0 Å². The molecule has 0 spiro atoms. The Morgan fingerprint density at radius 1 is 1.10 bits per heavy atom. The first-order chi connectivity index (χ1) is 14.0. The molecule has 2 amide bonds. The van der Waals surface area contributed by atoms with Crippen LogP contribution in [-0.2, 0) is 11.2 Å². The van der Waals surface area contributed by atoms with Crippen LogP contribution in [0.4, 0.5) is 0 Å². The quantitative estimate of drug-likeness (QED) is 0.796. The van der Waals surface area contributed by atoms with Gasteiger partial charge in [-0.2, -0.15) is 5.10 Å². The highest BCUT2D eigenvalue weighted by atomic mass is 16.5. The summed E-state index contributed by atoms with van der Waals surface area (Å²) in [7, 11) is 0. The number of H-pyrrole nitrogens is 1. The van der Waals surface area contributed by atoms with Gasteiger partial charge in [-0.3, -0.25) is 14.7 Å². The first-order valence-corrected chi connectivity index (χ1v) is 9.96. The van der Waals surface area contributed by atoms with Crippen LogP contribution in [0.2, 0.25) is 0 Å². The number of hydrogen-bond acceptors (Lipinski definition) is 5. The maximum Gasteiger partial charge on any atom is 0.254 e. The molecule has 8 heteroatoms. The average Bonchev–Trinajstić information content (AvgIpc) is 3.33. The van der Waals surface area contributed by atoms with E-state index in [4.69, 9.17) is 4.74 Å². The van der Waals surface area contributed by atoms with Gasteiger partial charge in [-0.05, 0) is 43.7 Å². The van der Waals surface area contributed by atoms with Crippen LogP contribution in [0.3, 0.4) is 0 Å². The Morgan fingerprint density at radius 3 is 2.31 bits per heavy atom. The van der Waals surface area contributed by atoms with Crippen LogP contribution in [0.15, 0.2) is 30.3 Å². The van der Waals surface area contributed by atoms with Crippen LogP contribution in [-0.4, -0.2) is 82.4 Å². The van der Waals surface area contributed by atoms with E-state index in [0.717, 1.165) is 11.4 Å². The van der Waals surface area contributed by atoms with Gasteiger partial charge in [0.05, 0.1) is 25.0 Å². The zero-order chi connectivity index (χ0) is 20.4. The van der Waals surface area contributed by atoms with E-state index in [9.17, 15) is 14.7 Å². The van der Waals surface area contributed by atoms with Gasteiger partial charge in [0.2, 0.25) is 0 Å². The van der Waals surface area contributed by atoms with Crippen LogP contribution in [0, 0.1) is 12.8 Å². The molecule has 29 heavy (non-hydrogen) atoms. The lowest BCUT2D eigenvalue weighted by atomic mass is 10.00. The fourth-order valence-corrected chi connectivity index (χ4v) is 3.96. The summed E-state index contributed by atoms with van der Waals surface area (Å²) in [6.45, 7) is 5.01. The summed E-state index contributed by atoms with van der Waals surface area (Å²) in [6.07, 6.45) is 0.0561. The second-order valence-corrected chi connectivity index (χ2v) is 7.77. The number of nitrogens with zero attached hydrogens (tertiary/aromatic N) is 3. The molecule has 8 nitrogen and oxygen atoms in total. The van der Waals surface area contributed by atoms with E-state index in [1.54, 1.807) is 34.1 Å². The van der Waals surface area contributed by atoms with E-state index in [2.05, 4.69) is 10.2 Å². The summed E-state index contributed by atoms with van der Waals surface area (Å²) in [6, 6.07) is 8.73. The molecule has 0 saturated carbocycles. The topological polar surface area (TPSA) is 98.8 Å². The molecule has 2 aromatic rings. The van der Waals surface area contributed by atoms with Gasteiger partial charge in [-0.1, -0.05) is 0 Å². The zero-order valence-electron chi connectivity index (χ0n) is 16.5. The fraction of sp³-hybridized carbons (Fsp3) is 0.476. The number of aromatic nitrogens is 2. The second-order valence-electron chi connectivity index (χ2n) is 7.77. The van der Waals surface area contributed by atoms with Gasteiger partial charge in [0.25, 0.3) is 11.8 Å². The van der Waals surface area contributed by atoms with Crippen LogP contribution in [0.25, 0.3) is 0 Å². The normalized spacial score (nSPS) is 22.1. The van der Waals surface area contributed by atoms with Crippen molar-refractivity contribution in [2.24, 2.45) is 5.92 Å². The molecule has 2 saturated heterocycles. The predicted molar refractivity (Wildman–Crippen MR) is 106 cm³/mol. The molecule has 0 bridgehead atoms. The first-order valence-electron chi connectivity index (χ1n) is 9.96. The minimum atomic E-state index is -0.571. The van der Waals surface area contributed by atoms with E-state index in [1.807, 2.05) is 13.0 Å². The standard InChI is InChI=1S/C21H26N4O4/c1-14-10-18(23-22-14)11-17-12-25(13-19(17)26)21(28)16-4-2-15(3-5-16)20(27)24-6-8-29-9-7-24/h2-5,10,17,19,26H,6-9,11-13H2,1H3,(H,22,23). The average molecular weight is 398 g/mol. The smallest absolute Gasteiger partial charge is 0.254 e. The van der Waals surface area contributed by atoms with Crippen LogP contribution in [0.5, 0.6) is 0 Å². The highest BCUT2D eigenvalue weighted by Gasteiger charge is 2.34. The SMILES string of the molecule is Cc1cc(CC2CN(C(=O)c3ccc(C(=O)N4CCOCC4)cc3)CC2O)n[nH]1. The summed E-state index contributed by atoms with van der Waals surface area (Å²) >= 11 is 0. The molecule has 0 aliphatic carbocycles. The number of rotatable bonds is 4. The van der Waals surface area contributed by atoms with Gasteiger partial charge < -0.3 is 19.6 Å². The van der Waals surface area contributed by atoms with Crippen molar-refractivity contribution >= 4 is 11.8 Å². The van der Waals surface area contributed by atoms with E-state index in [1.165, 1.54) is 0 Å². The summed E-state index contributed by atoms with van der Waals surface area (Å²) in [5.41, 5.74) is 2.96. The molecule has 0 radical (unpaired) electrons. The molecule has 1 aromatic heterocycles.